The highest BCUT2D eigenvalue weighted by atomic mass is 19.4. The lowest BCUT2D eigenvalue weighted by Crippen LogP contribution is -2.06. The highest BCUT2D eigenvalue weighted by Gasteiger charge is 2.33. The van der Waals surface area contributed by atoms with Crippen LogP contribution in [-0.2, 0) is 6.18 Å². The van der Waals surface area contributed by atoms with Gasteiger partial charge in [-0.15, -0.1) is 0 Å². The monoisotopic (exact) mass is 675 g/mol. The van der Waals surface area contributed by atoms with Crippen LogP contribution in [0.1, 0.15) is 94.7 Å². The molecule has 2 aromatic heterocycles. The van der Waals surface area contributed by atoms with Crippen molar-refractivity contribution in [3.8, 4) is 45.1 Å². The standard InChI is InChI=1S/C39H48F3N5O2/c1-6-8-10-12-17-48-34-16-14-15-25(3)37(34)28-19-26(4)38(35(23-28)49-18-13-11-9-7-2)29-21-31(30(44)20-27(5)43)45-32(22-29)33-24-36(47-46-33)39(40,41)42/h14-16,19-24,44H,6-13,17-18,43H2,1-5H3,(H,46,47). The van der Waals surface area contributed by atoms with Crippen molar-refractivity contribution in [2.45, 2.75) is 92.2 Å². The Morgan fingerprint density at radius 1 is 0.816 bits per heavy atom. The molecule has 0 unspecified atom stereocenters. The number of benzene rings is 2. The van der Waals surface area contributed by atoms with Crippen LogP contribution in [0.5, 0.6) is 11.5 Å². The van der Waals surface area contributed by atoms with Crippen LogP contribution in [0.25, 0.3) is 33.6 Å². The summed E-state index contributed by atoms with van der Waals surface area (Å²) in [5.74, 6) is 1.43. The van der Waals surface area contributed by atoms with Crippen LogP contribution in [0, 0.1) is 19.3 Å². The van der Waals surface area contributed by atoms with Gasteiger partial charge in [0.05, 0.1) is 30.3 Å². The number of aryl methyl sites for hydroxylation is 2. The normalized spacial score (nSPS) is 12.0. The van der Waals surface area contributed by atoms with E-state index in [2.05, 4.69) is 48.1 Å². The van der Waals surface area contributed by atoms with Crippen LogP contribution in [0.2, 0.25) is 0 Å². The number of unbranched alkanes of at least 4 members (excludes halogenated alkanes) is 6. The molecule has 2 heterocycles. The van der Waals surface area contributed by atoms with Gasteiger partial charge in [-0.3, -0.25) is 10.5 Å². The smallest absolute Gasteiger partial charge is 0.432 e. The number of rotatable bonds is 17. The molecule has 0 aliphatic carbocycles. The molecule has 4 N–H and O–H groups in total. The summed E-state index contributed by atoms with van der Waals surface area (Å²) in [4.78, 5) is 4.54. The maximum atomic E-state index is 13.5. The van der Waals surface area contributed by atoms with Crippen molar-refractivity contribution in [1.82, 2.24) is 15.2 Å². The van der Waals surface area contributed by atoms with Crippen molar-refractivity contribution in [3.05, 3.63) is 82.8 Å². The third kappa shape index (κ3) is 9.96. The van der Waals surface area contributed by atoms with E-state index in [-0.39, 0.29) is 22.8 Å². The molecule has 4 aromatic rings. The summed E-state index contributed by atoms with van der Waals surface area (Å²) < 4.78 is 53.3. The lowest BCUT2D eigenvalue weighted by atomic mass is 9.91. The van der Waals surface area contributed by atoms with Gasteiger partial charge >= 0.3 is 6.18 Å². The van der Waals surface area contributed by atoms with Gasteiger partial charge in [0.15, 0.2) is 0 Å². The van der Waals surface area contributed by atoms with Crippen molar-refractivity contribution < 1.29 is 22.6 Å². The zero-order valence-corrected chi connectivity index (χ0v) is 29.2. The molecule has 0 bridgehead atoms. The Balaban J connectivity index is 1.87. The fourth-order valence-corrected chi connectivity index (χ4v) is 5.78. The van der Waals surface area contributed by atoms with Gasteiger partial charge in [-0.2, -0.15) is 18.3 Å². The predicted octanol–water partition coefficient (Wildman–Crippen LogP) is 10.6. The second-order valence-electron chi connectivity index (χ2n) is 12.5. The third-order valence-electron chi connectivity index (χ3n) is 8.24. The van der Waals surface area contributed by atoms with Crippen molar-refractivity contribution in [1.29, 1.82) is 5.41 Å². The minimum atomic E-state index is -4.60. The van der Waals surface area contributed by atoms with Gasteiger partial charge in [0.1, 0.15) is 22.9 Å². The van der Waals surface area contributed by atoms with Crippen LogP contribution in [0.15, 0.2) is 60.3 Å². The van der Waals surface area contributed by atoms with Gasteiger partial charge in [0.25, 0.3) is 0 Å². The van der Waals surface area contributed by atoms with E-state index in [1.807, 2.05) is 25.1 Å². The fourth-order valence-electron chi connectivity index (χ4n) is 5.78. The molecule has 0 atom stereocenters. The second kappa shape index (κ2) is 17.2. The molecule has 2 aromatic carbocycles. The largest absolute Gasteiger partial charge is 0.493 e. The SMILES string of the molecule is CCCCCCOc1cccc(C)c1-c1cc(C)c(-c2cc(C(=N)C=C(C)N)nc(-c3cc(C(F)(F)F)[nH]n3)c2)c(OCCCCCC)c1. The average Bonchev–Trinajstić information content (AvgIpc) is 3.56. The van der Waals surface area contributed by atoms with Gasteiger partial charge < -0.3 is 15.2 Å². The predicted molar refractivity (Wildman–Crippen MR) is 191 cm³/mol. The molecule has 0 saturated heterocycles. The average molecular weight is 676 g/mol. The molecule has 0 spiro atoms. The van der Waals surface area contributed by atoms with Crippen LogP contribution in [-0.4, -0.2) is 34.1 Å². The van der Waals surface area contributed by atoms with E-state index in [9.17, 15) is 13.2 Å². The number of hydrogen-bond acceptors (Lipinski definition) is 6. The zero-order valence-electron chi connectivity index (χ0n) is 29.2. The molecule has 10 heteroatoms. The number of hydrogen-bond donors (Lipinski definition) is 3. The highest BCUT2D eigenvalue weighted by Crippen LogP contribution is 2.42. The fraction of sp³-hybridized carbons (Fsp3) is 0.410. The van der Waals surface area contributed by atoms with Crippen LogP contribution < -0.4 is 15.2 Å². The minimum absolute atomic E-state index is 0.00798. The van der Waals surface area contributed by atoms with Crippen molar-refractivity contribution >= 4 is 5.71 Å². The zero-order chi connectivity index (χ0) is 35.6. The number of nitrogens with one attached hydrogen (secondary N) is 2. The quantitative estimate of drug-likeness (QED) is 0.0762. The third-order valence-corrected chi connectivity index (χ3v) is 8.24. The van der Waals surface area contributed by atoms with E-state index in [1.54, 1.807) is 19.1 Å². The molecule has 0 saturated carbocycles. The summed E-state index contributed by atoms with van der Waals surface area (Å²) in [7, 11) is 0. The van der Waals surface area contributed by atoms with E-state index < -0.39 is 11.9 Å². The molecule has 4 rings (SSSR count). The Morgan fingerprint density at radius 3 is 2.06 bits per heavy atom. The Bertz CT molecular complexity index is 1760. The van der Waals surface area contributed by atoms with E-state index in [0.717, 1.165) is 84.6 Å². The number of alkyl halides is 3. The molecule has 0 radical (unpaired) electrons. The van der Waals surface area contributed by atoms with Crippen molar-refractivity contribution in [3.63, 3.8) is 0 Å². The molecule has 0 aliphatic rings. The number of aromatic amines is 1. The van der Waals surface area contributed by atoms with Crippen LogP contribution in [0.4, 0.5) is 13.2 Å². The van der Waals surface area contributed by atoms with E-state index in [0.29, 0.717) is 30.2 Å². The van der Waals surface area contributed by atoms with Crippen LogP contribution in [0.3, 0.4) is 0 Å². The lowest BCUT2D eigenvalue weighted by Gasteiger charge is -2.20. The molecule has 49 heavy (non-hydrogen) atoms. The molecule has 7 nitrogen and oxygen atoms in total. The Labute approximate surface area is 287 Å². The molecular weight excluding hydrogens is 627 g/mol. The van der Waals surface area contributed by atoms with E-state index in [1.165, 1.54) is 12.5 Å². The summed E-state index contributed by atoms with van der Waals surface area (Å²) in [6.07, 6.45) is 5.40. The Morgan fingerprint density at radius 2 is 1.45 bits per heavy atom. The first-order chi connectivity index (χ1) is 23.4. The van der Waals surface area contributed by atoms with E-state index >= 15 is 0 Å². The van der Waals surface area contributed by atoms with Gasteiger partial charge in [-0.1, -0.05) is 70.6 Å². The second-order valence-corrected chi connectivity index (χ2v) is 12.5. The number of H-pyrrole nitrogens is 1. The first kappa shape index (κ1) is 37.2. The van der Waals surface area contributed by atoms with Crippen molar-refractivity contribution in [2.24, 2.45) is 5.73 Å². The van der Waals surface area contributed by atoms with E-state index in [4.69, 9.17) is 20.6 Å². The van der Waals surface area contributed by atoms with Gasteiger partial charge in [-0.05, 0) is 92.3 Å². The molecule has 0 amide bonds. The lowest BCUT2D eigenvalue weighted by molar-refractivity contribution is -0.141. The number of allylic oxidation sites excluding steroid dienone is 2. The number of aromatic nitrogens is 3. The number of nitrogens with zero attached hydrogens (tertiary/aromatic N) is 2. The van der Waals surface area contributed by atoms with Gasteiger partial charge in [0, 0.05) is 16.8 Å². The topological polar surface area (TPSA) is 110 Å². The summed E-state index contributed by atoms with van der Waals surface area (Å²) in [6, 6.07) is 14.5. The number of ether oxygens (including phenoxy) is 2. The summed E-state index contributed by atoms with van der Waals surface area (Å²) >= 11 is 0. The summed E-state index contributed by atoms with van der Waals surface area (Å²) in [5.41, 5.74) is 11.0. The maximum absolute atomic E-state index is 13.5. The number of pyridine rings is 1. The first-order valence-electron chi connectivity index (χ1n) is 17.1. The number of halogens is 3. The molecule has 0 aliphatic heterocycles. The highest BCUT2D eigenvalue weighted by molar-refractivity contribution is 6.06. The Kier molecular flexibility index (Phi) is 13.0. The summed E-state index contributed by atoms with van der Waals surface area (Å²) in [6.45, 7) is 11.2. The van der Waals surface area contributed by atoms with Crippen LogP contribution >= 0.6 is 0 Å². The molecule has 0 fully saturated rings. The maximum Gasteiger partial charge on any atom is 0.432 e. The Hall–Kier alpha value is -4.60. The molecule has 262 valence electrons. The van der Waals surface area contributed by atoms with Crippen molar-refractivity contribution in [2.75, 3.05) is 13.2 Å². The number of nitrogens with two attached hydrogens (primary N) is 1. The van der Waals surface area contributed by atoms with Gasteiger partial charge in [0.2, 0.25) is 0 Å². The van der Waals surface area contributed by atoms with Gasteiger partial charge in [-0.25, -0.2) is 4.98 Å². The molecular formula is C39H48F3N5O2. The minimum Gasteiger partial charge on any atom is -0.493 e. The first-order valence-corrected chi connectivity index (χ1v) is 17.1. The summed E-state index contributed by atoms with van der Waals surface area (Å²) in [5, 5.41) is 14.7.